The van der Waals surface area contributed by atoms with E-state index in [2.05, 4.69) is 9.72 Å². The molecule has 0 amide bonds. The van der Waals surface area contributed by atoms with Gasteiger partial charge in [0, 0.05) is 18.0 Å². The molecule has 1 heterocycles. The molecule has 0 bridgehead atoms. The molecule has 110 valence electrons. The van der Waals surface area contributed by atoms with Crippen LogP contribution in [0.3, 0.4) is 0 Å². The molecule has 0 aliphatic heterocycles. The summed E-state index contributed by atoms with van der Waals surface area (Å²) in [6.07, 6.45) is 3.89. The van der Waals surface area contributed by atoms with Crippen molar-refractivity contribution in [2.24, 2.45) is 5.73 Å². The summed E-state index contributed by atoms with van der Waals surface area (Å²) in [6.45, 7) is 0.445. The molecule has 2 aromatic rings. The Balaban J connectivity index is 1.96. The second kappa shape index (κ2) is 7.40. The summed E-state index contributed by atoms with van der Waals surface area (Å²) in [4.78, 5) is 15.4. The van der Waals surface area contributed by atoms with E-state index in [1.54, 1.807) is 12.4 Å². The molecule has 0 fully saturated rings. The predicted octanol–water partition coefficient (Wildman–Crippen LogP) is 1.70. The fraction of sp³-hybridized carbons (Fsp3) is 0.250. The first kappa shape index (κ1) is 15.0. The van der Waals surface area contributed by atoms with E-state index in [0.29, 0.717) is 13.0 Å². The largest absolute Gasteiger partial charge is 0.489 e. The van der Waals surface area contributed by atoms with Gasteiger partial charge in [-0.2, -0.15) is 0 Å². The van der Waals surface area contributed by atoms with Gasteiger partial charge in [0.2, 0.25) is 0 Å². The van der Waals surface area contributed by atoms with Gasteiger partial charge in [0.05, 0.1) is 7.11 Å². The van der Waals surface area contributed by atoms with E-state index >= 15 is 0 Å². The average molecular weight is 286 g/mol. The second-order valence-electron chi connectivity index (χ2n) is 4.63. The second-order valence-corrected chi connectivity index (χ2v) is 4.63. The fourth-order valence-electron chi connectivity index (χ4n) is 1.90. The van der Waals surface area contributed by atoms with Crippen LogP contribution in [0.5, 0.6) is 5.75 Å². The molecular weight excluding hydrogens is 268 g/mol. The molecule has 5 heteroatoms. The zero-order chi connectivity index (χ0) is 15.1. The van der Waals surface area contributed by atoms with Gasteiger partial charge in [-0.15, -0.1) is 0 Å². The fourth-order valence-corrected chi connectivity index (χ4v) is 1.90. The number of carbonyl (C=O) groups excluding carboxylic acids is 1. The highest BCUT2D eigenvalue weighted by molar-refractivity contribution is 5.75. The SMILES string of the molecule is COC(=O)C(N)Cc1cccc(OCc2cccnc2)c1. The van der Waals surface area contributed by atoms with E-state index in [9.17, 15) is 4.79 Å². The summed E-state index contributed by atoms with van der Waals surface area (Å²) in [5, 5.41) is 0. The lowest BCUT2D eigenvalue weighted by Gasteiger charge is -2.11. The van der Waals surface area contributed by atoms with Gasteiger partial charge in [0.25, 0.3) is 0 Å². The topological polar surface area (TPSA) is 74.4 Å². The maximum Gasteiger partial charge on any atom is 0.322 e. The van der Waals surface area contributed by atoms with Crippen molar-refractivity contribution in [1.29, 1.82) is 0 Å². The maximum absolute atomic E-state index is 11.3. The Morgan fingerprint density at radius 1 is 1.29 bits per heavy atom. The van der Waals surface area contributed by atoms with Crippen LogP contribution in [0.4, 0.5) is 0 Å². The summed E-state index contributed by atoms with van der Waals surface area (Å²) in [5.74, 6) is 0.310. The van der Waals surface area contributed by atoms with Crippen molar-refractivity contribution in [3.05, 3.63) is 59.9 Å². The van der Waals surface area contributed by atoms with Gasteiger partial charge in [-0.3, -0.25) is 9.78 Å². The zero-order valence-electron chi connectivity index (χ0n) is 11.9. The number of carbonyl (C=O) groups is 1. The first-order valence-electron chi connectivity index (χ1n) is 6.63. The smallest absolute Gasteiger partial charge is 0.322 e. The summed E-state index contributed by atoms with van der Waals surface area (Å²) in [7, 11) is 1.33. The van der Waals surface area contributed by atoms with Crippen molar-refractivity contribution in [2.45, 2.75) is 19.1 Å². The summed E-state index contributed by atoms with van der Waals surface area (Å²) in [5.41, 5.74) is 7.67. The minimum atomic E-state index is -0.663. The summed E-state index contributed by atoms with van der Waals surface area (Å²) < 4.78 is 10.3. The Labute approximate surface area is 123 Å². The molecule has 5 nitrogen and oxygen atoms in total. The molecule has 2 N–H and O–H groups in total. The first-order chi connectivity index (χ1) is 10.2. The quantitative estimate of drug-likeness (QED) is 0.818. The third-order valence-corrected chi connectivity index (χ3v) is 2.99. The van der Waals surface area contributed by atoms with Crippen molar-refractivity contribution in [3.63, 3.8) is 0 Å². The van der Waals surface area contributed by atoms with Crippen molar-refractivity contribution in [1.82, 2.24) is 4.98 Å². The molecular formula is C16H18N2O3. The van der Waals surface area contributed by atoms with E-state index in [1.165, 1.54) is 7.11 Å². The number of rotatable bonds is 6. The average Bonchev–Trinajstić information content (AvgIpc) is 2.53. The number of methoxy groups -OCH3 is 1. The molecule has 1 unspecified atom stereocenters. The standard InChI is InChI=1S/C16H18N2O3/c1-20-16(19)15(17)9-12-4-2-6-14(8-12)21-11-13-5-3-7-18-10-13/h2-8,10,15H,9,11,17H2,1H3. The van der Waals surface area contributed by atoms with Crippen molar-refractivity contribution >= 4 is 5.97 Å². The van der Waals surface area contributed by atoms with Gasteiger partial charge < -0.3 is 15.2 Å². The molecule has 1 aromatic carbocycles. The number of pyridine rings is 1. The van der Waals surface area contributed by atoms with Crippen LogP contribution >= 0.6 is 0 Å². The van der Waals surface area contributed by atoms with E-state index in [1.807, 2.05) is 36.4 Å². The molecule has 0 aliphatic rings. The van der Waals surface area contributed by atoms with Crippen molar-refractivity contribution in [2.75, 3.05) is 7.11 Å². The normalized spacial score (nSPS) is 11.7. The van der Waals surface area contributed by atoms with Crippen LogP contribution in [-0.4, -0.2) is 24.1 Å². The molecule has 1 atom stereocenters. The van der Waals surface area contributed by atoms with E-state index in [4.69, 9.17) is 10.5 Å². The van der Waals surface area contributed by atoms with Gasteiger partial charge in [-0.25, -0.2) is 0 Å². The highest BCUT2D eigenvalue weighted by Crippen LogP contribution is 2.16. The number of hydrogen-bond donors (Lipinski definition) is 1. The maximum atomic E-state index is 11.3. The van der Waals surface area contributed by atoms with E-state index < -0.39 is 12.0 Å². The van der Waals surface area contributed by atoms with Crippen LogP contribution in [0.2, 0.25) is 0 Å². The highest BCUT2D eigenvalue weighted by atomic mass is 16.5. The molecule has 0 saturated heterocycles. The van der Waals surface area contributed by atoms with Crippen LogP contribution in [-0.2, 0) is 22.6 Å². The molecule has 2 rings (SSSR count). The van der Waals surface area contributed by atoms with E-state index in [-0.39, 0.29) is 0 Å². The lowest BCUT2D eigenvalue weighted by Crippen LogP contribution is -2.33. The highest BCUT2D eigenvalue weighted by Gasteiger charge is 2.14. The van der Waals surface area contributed by atoms with Crippen molar-refractivity contribution < 1.29 is 14.3 Å². The zero-order valence-corrected chi connectivity index (χ0v) is 11.9. The van der Waals surface area contributed by atoms with Crippen LogP contribution in [0.25, 0.3) is 0 Å². The van der Waals surface area contributed by atoms with Crippen LogP contribution in [0.15, 0.2) is 48.8 Å². The monoisotopic (exact) mass is 286 g/mol. The van der Waals surface area contributed by atoms with Crippen LogP contribution in [0.1, 0.15) is 11.1 Å². The molecule has 0 spiro atoms. The van der Waals surface area contributed by atoms with Gasteiger partial charge in [0.1, 0.15) is 18.4 Å². The number of hydrogen-bond acceptors (Lipinski definition) is 5. The van der Waals surface area contributed by atoms with Crippen LogP contribution < -0.4 is 10.5 Å². The van der Waals surface area contributed by atoms with Gasteiger partial charge in [-0.05, 0) is 30.2 Å². The van der Waals surface area contributed by atoms with Gasteiger partial charge >= 0.3 is 5.97 Å². The number of benzene rings is 1. The molecule has 0 saturated carbocycles. The van der Waals surface area contributed by atoms with Gasteiger partial charge in [0.15, 0.2) is 0 Å². The van der Waals surface area contributed by atoms with E-state index in [0.717, 1.165) is 16.9 Å². The van der Waals surface area contributed by atoms with Crippen molar-refractivity contribution in [3.8, 4) is 5.75 Å². The minimum absolute atomic E-state index is 0.413. The Hall–Kier alpha value is -2.40. The number of nitrogens with zero attached hydrogens (tertiary/aromatic N) is 1. The Kier molecular flexibility index (Phi) is 5.29. The predicted molar refractivity (Wildman–Crippen MR) is 78.7 cm³/mol. The molecule has 21 heavy (non-hydrogen) atoms. The minimum Gasteiger partial charge on any atom is -0.489 e. The molecule has 0 aliphatic carbocycles. The number of nitrogens with two attached hydrogens (primary N) is 1. The number of ether oxygens (including phenoxy) is 2. The summed E-state index contributed by atoms with van der Waals surface area (Å²) >= 11 is 0. The molecule has 0 radical (unpaired) electrons. The molecule has 1 aromatic heterocycles. The van der Waals surface area contributed by atoms with Crippen LogP contribution in [0, 0.1) is 0 Å². The van der Waals surface area contributed by atoms with Gasteiger partial charge in [-0.1, -0.05) is 18.2 Å². The Morgan fingerprint density at radius 2 is 2.10 bits per heavy atom. The Morgan fingerprint density at radius 3 is 2.81 bits per heavy atom. The first-order valence-corrected chi connectivity index (χ1v) is 6.63. The summed E-state index contributed by atoms with van der Waals surface area (Å²) in [6, 6.07) is 10.7. The number of esters is 1. The third kappa shape index (κ3) is 4.57. The Bertz CT molecular complexity index is 587. The number of aromatic nitrogens is 1. The third-order valence-electron chi connectivity index (χ3n) is 2.99. The lowest BCUT2D eigenvalue weighted by atomic mass is 10.1. The lowest BCUT2D eigenvalue weighted by molar-refractivity contribution is -0.142.